The Hall–Kier alpha value is -2.18. The van der Waals surface area contributed by atoms with Crippen LogP contribution in [0.5, 0.6) is 5.75 Å². The van der Waals surface area contributed by atoms with Crippen LogP contribution >= 0.6 is 11.6 Å². The molecule has 0 heterocycles. The zero-order chi connectivity index (χ0) is 13.8. The standard InChI is InChI=1S/C15H13ClN2O/c1-10-7-12(4-3-11(10)9-17)18-13-5-6-14(16)15(8-13)19-2/h3-8,18H,1-2H3. The average molecular weight is 273 g/mol. The summed E-state index contributed by atoms with van der Waals surface area (Å²) in [5, 5.41) is 12.7. The number of nitrogens with zero attached hydrogens (tertiary/aromatic N) is 1. The molecular weight excluding hydrogens is 260 g/mol. The van der Waals surface area contributed by atoms with Crippen LogP contribution in [0.2, 0.25) is 5.02 Å². The van der Waals surface area contributed by atoms with Crippen LogP contribution in [-0.4, -0.2) is 7.11 Å². The van der Waals surface area contributed by atoms with Gasteiger partial charge in [0.25, 0.3) is 0 Å². The molecule has 0 saturated heterocycles. The number of anilines is 2. The van der Waals surface area contributed by atoms with Gasteiger partial charge in [-0.15, -0.1) is 0 Å². The summed E-state index contributed by atoms with van der Waals surface area (Å²) in [4.78, 5) is 0. The zero-order valence-electron chi connectivity index (χ0n) is 10.7. The fraction of sp³-hybridized carbons (Fsp3) is 0.133. The second-order valence-electron chi connectivity index (χ2n) is 4.12. The molecule has 0 aliphatic carbocycles. The molecule has 0 aromatic heterocycles. The number of hydrogen-bond donors (Lipinski definition) is 1. The molecule has 0 saturated carbocycles. The Balaban J connectivity index is 2.26. The van der Waals surface area contributed by atoms with Gasteiger partial charge in [0.15, 0.2) is 0 Å². The van der Waals surface area contributed by atoms with Gasteiger partial charge in [-0.25, -0.2) is 0 Å². The highest BCUT2D eigenvalue weighted by Crippen LogP contribution is 2.29. The molecule has 0 amide bonds. The van der Waals surface area contributed by atoms with Crippen LogP contribution in [0, 0.1) is 18.3 Å². The fourth-order valence-electron chi connectivity index (χ4n) is 1.77. The number of ether oxygens (including phenoxy) is 1. The molecule has 2 rings (SSSR count). The van der Waals surface area contributed by atoms with Crippen molar-refractivity contribution in [3.05, 3.63) is 52.5 Å². The number of nitriles is 1. The van der Waals surface area contributed by atoms with E-state index in [-0.39, 0.29) is 0 Å². The van der Waals surface area contributed by atoms with Crippen molar-refractivity contribution in [1.82, 2.24) is 0 Å². The largest absolute Gasteiger partial charge is 0.495 e. The second kappa shape index (κ2) is 5.64. The van der Waals surface area contributed by atoms with Crippen LogP contribution in [-0.2, 0) is 0 Å². The maximum Gasteiger partial charge on any atom is 0.139 e. The van der Waals surface area contributed by atoms with Gasteiger partial charge in [0.05, 0.1) is 23.8 Å². The summed E-state index contributed by atoms with van der Waals surface area (Å²) in [6.45, 7) is 1.91. The molecule has 0 unspecified atom stereocenters. The van der Waals surface area contributed by atoms with E-state index in [0.29, 0.717) is 16.3 Å². The number of rotatable bonds is 3. The van der Waals surface area contributed by atoms with Crippen molar-refractivity contribution in [3.8, 4) is 11.8 Å². The lowest BCUT2D eigenvalue weighted by molar-refractivity contribution is 0.415. The Kier molecular flexibility index (Phi) is 3.94. The van der Waals surface area contributed by atoms with Crippen LogP contribution in [0.3, 0.4) is 0 Å². The van der Waals surface area contributed by atoms with Gasteiger partial charge >= 0.3 is 0 Å². The Bertz CT molecular complexity index is 638. The summed E-state index contributed by atoms with van der Waals surface area (Å²) in [5.74, 6) is 0.622. The first-order valence-corrected chi connectivity index (χ1v) is 6.13. The van der Waals surface area contributed by atoms with Crippen molar-refractivity contribution in [2.45, 2.75) is 6.92 Å². The molecule has 2 aromatic rings. The first-order chi connectivity index (χ1) is 9.13. The summed E-state index contributed by atoms with van der Waals surface area (Å²) in [6.07, 6.45) is 0. The van der Waals surface area contributed by atoms with Crippen molar-refractivity contribution in [2.24, 2.45) is 0 Å². The Morgan fingerprint density at radius 3 is 2.47 bits per heavy atom. The molecular formula is C15H13ClN2O. The van der Waals surface area contributed by atoms with Crippen LogP contribution in [0.15, 0.2) is 36.4 Å². The van der Waals surface area contributed by atoms with Crippen molar-refractivity contribution < 1.29 is 4.74 Å². The predicted molar refractivity (Wildman–Crippen MR) is 77.2 cm³/mol. The van der Waals surface area contributed by atoms with Gasteiger partial charge in [0, 0.05) is 17.4 Å². The van der Waals surface area contributed by atoms with Gasteiger partial charge in [-0.05, 0) is 42.8 Å². The van der Waals surface area contributed by atoms with E-state index in [0.717, 1.165) is 16.9 Å². The highest BCUT2D eigenvalue weighted by atomic mass is 35.5. The second-order valence-corrected chi connectivity index (χ2v) is 4.52. The third-order valence-corrected chi connectivity index (χ3v) is 3.10. The molecule has 3 nitrogen and oxygen atoms in total. The minimum Gasteiger partial charge on any atom is -0.495 e. The normalized spacial score (nSPS) is 9.79. The van der Waals surface area contributed by atoms with E-state index in [2.05, 4.69) is 11.4 Å². The summed E-state index contributed by atoms with van der Waals surface area (Å²) in [5.41, 5.74) is 3.42. The highest BCUT2D eigenvalue weighted by Gasteiger charge is 2.03. The molecule has 19 heavy (non-hydrogen) atoms. The lowest BCUT2D eigenvalue weighted by atomic mass is 10.1. The van der Waals surface area contributed by atoms with Crippen molar-refractivity contribution in [2.75, 3.05) is 12.4 Å². The first kappa shape index (κ1) is 13.3. The summed E-state index contributed by atoms with van der Waals surface area (Å²) >= 11 is 5.98. The van der Waals surface area contributed by atoms with Crippen LogP contribution in [0.4, 0.5) is 11.4 Å². The van der Waals surface area contributed by atoms with Gasteiger partial charge in [0.2, 0.25) is 0 Å². The number of halogens is 1. The van der Waals surface area contributed by atoms with Crippen molar-refractivity contribution >= 4 is 23.0 Å². The Morgan fingerprint density at radius 1 is 1.16 bits per heavy atom. The van der Waals surface area contributed by atoms with Crippen LogP contribution in [0.25, 0.3) is 0 Å². The van der Waals surface area contributed by atoms with E-state index in [4.69, 9.17) is 21.6 Å². The van der Waals surface area contributed by atoms with Crippen LogP contribution < -0.4 is 10.1 Å². The third-order valence-electron chi connectivity index (χ3n) is 2.79. The molecule has 0 aliphatic heterocycles. The average Bonchev–Trinajstić information content (AvgIpc) is 2.41. The minimum absolute atomic E-state index is 0.573. The van der Waals surface area contributed by atoms with E-state index in [9.17, 15) is 0 Å². The molecule has 0 fully saturated rings. The monoisotopic (exact) mass is 272 g/mol. The lowest BCUT2D eigenvalue weighted by Crippen LogP contribution is -1.93. The molecule has 0 atom stereocenters. The highest BCUT2D eigenvalue weighted by molar-refractivity contribution is 6.32. The number of nitrogens with one attached hydrogen (secondary N) is 1. The van der Waals surface area contributed by atoms with E-state index < -0.39 is 0 Å². The molecule has 0 spiro atoms. The van der Waals surface area contributed by atoms with Crippen molar-refractivity contribution in [1.29, 1.82) is 5.26 Å². The maximum absolute atomic E-state index is 8.90. The van der Waals surface area contributed by atoms with E-state index >= 15 is 0 Å². The summed E-state index contributed by atoms with van der Waals surface area (Å²) in [7, 11) is 1.58. The molecule has 0 bridgehead atoms. The zero-order valence-corrected chi connectivity index (χ0v) is 11.5. The Morgan fingerprint density at radius 2 is 1.84 bits per heavy atom. The molecule has 2 aromatic carbocycles. The van der Waals surface area contributed by atoms with E-state index in [1.54, 1.807) is 19.2 Å². The van der Waals surface area contributed by atoms with E-state index in [1.807, 2.05) is 31.2 Å². The summed E-state index contributed by atoms with van der Waals surface area (Å²) in [6, 6.07) is 13.2. The third kappa shape index (κ3) is 2.98. The number of hydrogen-bond acceptors (Lipinski definition) is 3. The topological polar surface area (TPSA) is 45.0 Å². The summed E-state index contributed by atoms with van der Waals surface area (Å²) < 4.78 is 5.17. The van der Waals surface area contributed by atoms with Gasteiger partial charge in [-0.3, -0.25) is 0 Å². The predicted octanol–water partition coefficient (Wildman–Crippen LogP) is 4.27. The molecule has 1 N–H and O–H groups in total. The SMILES string of the molecule is COc1cc(Nc2ccc(C#N)c(C)c2)ccc1Cl. The quantitative estimate of drug-likeness (QED) is 0.907. The number of aryl methyl sites for hydroxylation is 1. The molecule has 96 valence electrons. The molecule has 4 heteroatoms. The van der Waals surface area contributed by atoms with Gasteiger partial charge < -0.3 is 10.1 Å². The lowest BCUT2D eigenvalue weighted by Gasteiger charge is -2.10. The fourth-order valence-corrected chi connectivity index (χ4v) is 1.97. The molecule has 0 radical (unpaired) electrons. The van der Waals surface area contributed by atoms with Gasteiger partial charge in [-0.1, -0.05) is 11.6 Å². The Labute approximate surface area is 117 Å². The smallest absolute Gasteiger partial charge is 0.139 e. The molecule has 0 aliphatic rings. The maximum atomic E-state index is 8.90. The minimum atomic E-state index is 0.573. The van der Waals surface area contributed by atoms with Crippen molar-refractivity contribution in [3.63, 3.8) is 0 Å². The first-order valence-electron chi connectivity index (χ1n) is 5.75. The van der Waals surface area contributed by atoms with Gasteiger partial charge in [0.1, 0.15) is 5.75 Å². The van der Waals surface area contributed by atoms with Crippen LogP contribution in [0.1, 0.15) is 11.1 Å². The number of methoxy groups -OCH3 is 1. The van der Waals surface area contributed by atoms with E-state index in [1.165, 1.54) is 0 Å². The van der Waals surface area contributed by atoms with Gasteiger partial charge in [-0.2, -0.15) is 5.26 Å². The number of benzene rings is 2.